The summed E-state index contributed by atoms with van der Waals surface area (Å²) in [4.78, 5) is 29.6. The molecule has 13 heteroatoms. The summed E-state index contributed by atoms with van der Waals surface area (Å²) < 4.78 is 67.7. The molecule has 0 N–H and O–H groups in total. The molecule has 11 nitrogen and oxygen atoms in total. The molecule has 1 heterocycles. The van der Waals surface area contributed by atoms with Gasteiger partial charge in [0.05, 0.1) is 34.9 Å². The number of anilines is 2. The van der Waals surface area contributed by atoms with Crippen LogP contribution in [-0.4, -0.2) is 60.1 Å². The standard InChI is InChI=1S/C31H33N3O8S2/c1-5-41-29(35)20-33(43(37,38)24-15-11-22(3)12-16-24)28-19-32-31(27-10-8-7-9-26(27)28)34(21-30(36)42-6-2)44(39,40)25-17-13-23(4)14-18-25/h7-19H,5-6,20-21H2,1-4H3. The lowest BCUT2D eigenvalue weighted by Crippen LogP contribution is -2.38. The zero-order chi connectivity index (χ0) is 32.1. The lowest BCUT2D eigenvalue weighted by molar-refractivity contribution is -0.142. The minimum absolute atomic E-state index is 0.0156. The van der Waals surface area contributed by atoms with Gasteiger partial charge in [0.1, 0.15) is 13.1 Å². The number of benzene rings is 3. The molecule has 0 radical (unpaired) electrons. The Morgan fingerprint density at radius 2 is 1.09 bits per heavy atom. The van der Waals surface area contributed by atoms with Crippen LogP contribution in [0.25, 0.3) is 10.8 Å². The van der Waals surface area contributed by atoms with Crippen molar-refractivity contribution in [1.29, 1.82) is 0 Å². The SMILES string of the molecule is CCOC(=O)CN(c1cnc(N(CC(=O)OCC)S(=O)(=O)c2ccc(C)cc2)c2ccccc12)S(=O)(=O)c1ccc(C)cc1. The lowest BCUT2D eigenvalue weighted by Gasteiger charge is -2.27. The second-order valence-electron chi connectivity index (χ2n) is 9.77. The Kier molecular flexibility index (Phi) is 9.90. The number of esters is 2. The van der Waals surface area contributed by atoms with Gasteiger partial charge in [-0.2, -0.15) is 0 Å². The summed E-state index contributed by atoms with van der Waals surface area (Å²) >= 11 is 0. The van der Waals surface area contributed by atoms with E-state index in [2.05, 4.69) is 4.98 Å². The molecule has 0 saturated carbocycles. The summed E-state index contributed by atoms with van der Waals surface area (Å²) in [6.07, 6.45) is 1.17. The van der Waals surface area contributed by atoms with Crippen LogP contribution in [-0.2, 0) is 39.1 Å². The fourth-order valence-corrected chi connectivity index (χ4v) is 7.25. The van der Waals surface area contributed by atoms with Crippen LogP contribution < -0.4 is 8.61 Å². The molecule has 0 amide bonds. The number of nitrogens with zero attached hydrogens (tertiary/aromatic N) is 3. The summed E-state index contributed by atoms with van der Waals surface area (Å²) in [5.74, 6) is -1.71. The molecule has 232 valence electrons. The van der Waals surface area contributed by atoms with E-state index in [0.717, 1.165) is 19.7 Å². The van der Waals surface area contributed by atoms with Crippen molar-refractivity contribution in [3.63, 3.8) is 0 Å². The highest BCUT2D eigenvalue weighted by atomic mass is 32.2. The fraction of sp³-hybridized carbons (Fsp3) is 0.258. The minimum Gasteiger partial charge on any atom is -0.465 e. The molecule has 1 aromatic heterocycles. The number of aromatic nitrogens is 1. The molecule has 0 aliphatic heterocycles. The quantitative estimate of drug-likeness (QED) is 0.207. The highest BCUT2D eigenvalue weighted by molar-refractivity contribution is 7.93. The third-order valence-corrected chi connectivity index (χ3v) is 10.2. The van der Waals surface area contributed by atoms with E-state index in [4.69, 9.17) is 9.47 Å². The molecule has 0 aliphatic rings. The Bertz CT molecular complexity index is 1740. The molecule has 0 bridgehead atoms. The van der Waals surface area contributed by atoms with Gasteiger partial charge in [0, 0.05) is 10.8 Å². The van der Waals surface area contributed by atoms with Crippen molar-refractivity contribution in [3.05, 3.63) is 90.1 Å². The molecule has 0 spiro atoms. The van der Waals surface area contributed by atoms with Crippen LogP contribution in [0.4, 0.5) is 11.5 Å². The number of sulfonamides is 2. The van der Waals surface area contributed by atoms with Crippen molar-refractivity contribution in [2.45, 2.75) is 37.5 Å². The number of rotatable bonds is 12. The molecule has 0 aliphatic carbocycles. The highest BCUT2D eigenvalue weighted by Gasteiger charge is 2.33. The molecule has 0 saturated heterocycles. The minimum atomic E-state index is -4.35. The Morgan fingerprint density at radius 3 is 1.57 bits per heavy atom. The van der Waals surface area contributed by atoms with Gasteiger partial charge in [0.2, 0.25) is 0 Å². The van der Waals surface area contributed by atoms with Gasteiger partial charge in [-0.25, -0.2) is 26.1 Å². The topological polar surface area (TPSA) is 140 Å². The number of carbonyl (C=O) groups is 2. The second kappa shape index (κ2) is 13.4. The van der Waals surface area contributed by atoms with Gasteiger partial charge in [-0.15, -0.1) is 0 Å². The zero-order valence-electron chi connectivity index (χ0n) is 24.8. The number of hydrogen-bond donors (Lipinski definition) is 0. The summed E-state index contributed by atoms with van der Waals surface area (Å²) in [5, 5.41) is 0.489. The first kappa shape index (κ1) is 32.4. The Hall–Kier alpha value is -4.49. The summed E-state index contributed by atoms with van der Waals surface area (Å²) in [6.45, 7) is 5.56. The van der Waals surface area contributed by atoms with Gasteiger partial charge in [-0.3, -0.25) is 13.9 Å². The third kappa shape index (κ3) is 6.84. The number of aryl methyl sites for hydroxylation is 2. The molecule has 0 unspecified atom stereocenters. The van der Waals surface area contributed by atoms with Crippen molar-refractivity contribution in [1.82, 2.24) is 4.98 Å². The largest absolute Gasteiger partial charge is 0.465 e. The van der Waals surface area contributed by atoms with Crippen molar-refractivity contribution in [2.24, 2.45) is 0 Å². The second-order valence-corrected chi connectivity index (χ2v) is 13.5. The summed E-state index contributed by atoms with van der Waals surface area (Å²) in [7, 11) is -8.67. The number of fused-ring (bicyclic) bond motifs is 1. The first-order valence-corrected chi connectivity index (χ1v) is 16.7. The molecule has 0 fully saturated rings. The first-order valence-electron chi connectivity index (χ1n) is 13.8. The van der Waals surface area contributed by atoms with Crippen molar-refractivity contribution < 1.29 is 35.9 Å². The van der Waals surface area contributed by atoms with E-state index < -0.39 is 45.1 Å². The number of carbonyl (C=O) groups excluding carboxylic acids is 2. The van der Waals surface area contributed by atoms with E-state index in [1.165, 1.54) is 30.5 Å². The van der Waals surface area contributed by atoms with Crippen LogP contribution in [0.1, 0.15) is 25.0 Å². The Morgan fingerprint density at radius 1 is 0.659 bits per heavy atom. The fourth-order valence-electron chi connectivity index (χ4n) is 4.46. The van der Waals surface area contributed by atoms with E-state index in [0.29, 0.717) is 0 Å². The van der Waals surface area contributed by atoms with E-state index in [9.17, 15) is 26.4 Å². The summed E-state index contributed by atoms with van der Waals surface area (Å²) in [6, 6.07) is 18.7. The van der Waals surface area contributed by atoms with Crippen LogP contribution in [0.5, 0.6) is 0 Å². The van der Waals surface area contributed by atoms with E-state index >= 15 is 0 Å². The van der Waals surface area contributed by atoms with Crippen molar-refractivity contribution in [2.75, 3.05) is 34.9 Å². The van der Waals surface area contributed by atoms with Crippen LogP contribution in [0, 0.1) is 13.8 Å². The van der Waals surface area contributed by atoms with E-state index in [1.807, 2.05) is 13.8 Å². The highest BCUT2D eigenvalue weighted by Crippen LogP contribution is 2.36. The van der Waals surface area contributed by atoms with Crippen LogP contribution in [0.15, 0.2) is 88.8 Å². The predicted octanol–water partition coefficient (Wildman–Crippen LogP) is 4.37. The van der Waals surface area contributed by atoms with Crippen molar-refractivity contribution in [3.8, 4) is 0 Å². The molecular formula is C31H33N3O8S2. The maximum Gasteiger partial charge on any atom is 0.326 e. The van der Waals surface area contributed by atoms with Gasteiger partial charge in [0.15, 0.2) is 5.82 Å². The maximum absolute atomic E-state index is 14.0. The van der Waals surface area contributed by atoms with E-state index in [1.54, 1.807) is 62.4 Å². The average molecular weight is 640 g/mol. The molecule has 0 atom stereocenters. The van der Waals surface area contributed by atoms with Crippen molar-refractivity contribution >= 4 is 54.3 Å². The van der Waals surface area contributed by atoms with Crippen LogP contribution in [0.2, 0.25) is 0 Å². The molecular weight excluding hydrogens is 606 g/mol. The number of ether oxygens (including phenoxy) is 2. The Balaban J connectivity index is 1.95. The lowest BCUT2D eigenvalue weighted by atomic mass is 10.1. The van der Waals surface area contributed by atoms with Crippen LogP contribution in [0.3, 0.4) is 0 Å². The van der Waals surface area contributed by atoms with Gasteiger partial charge in [0.25, 0.3) is 20.0 Å². The van der Waals surface area contributed by atoms with Gasteiger partial charge >= 0.3 is 11.9 Å². The molecule has 44 heavy (non-hydrogen) atoms. The predicted molar refractivity (Wildman–Crippen MR) is 166 cm³/mol. The zero-order valence-corrected chi connectivity index (χ0v) is 26.4. The normalized spacial score (nSPS) is 11.6. The van der Waals surface area contributed by atoms with Gasteiger partial charge in [-0.05, 0) is 52.0 Å². The number of hydrogen-bond acceptors (Lipinski definition) is 9. The smallest absolute Gasteiger partial charge is 0.326 e. The monoisotopic (exact) mass is 639 g/mol. The van der Waals surface area contributed by atoms with Crippen LogP contribution >= 0.6 is 0 Å². The molecule has 4 rings (SSSR count). The third-order valence-electron chi connectivity index (χ3n) is 6.63. The molecule has 4 aromatic rings. The average Bonchev–Trinajstić information content (AvgIpc) is 2.99. The molecule has 3 aromatic carbocycles. The van der Waals surface area contributed by atoms with Gasteiger partial charge < -0.3 is 9.47 Å². The van der Waals surface area contributed by atoms with E-state index in [-0.39, 0.29) is 45.3 Å². The van der Waals surface area contributed by atoms with Gasteiger partial charge in [-0.1, -0.05) is 59.7 Å². The summed E-state index contributed by atoms with van der Waals surface area (Å²) in [5.41, 5.74) is 1.70. The first-order chi connectivity index (χ1) is 20.9. The maximum atomic E-state index is 14.0. The Labute approximate surface area is 257 Å². The number of pyridine rings is 1.